The Labute approximate surface area is 175 Å². The lowest BCUT2D eigenvalue weighted by Gasteiger charge is -2.40. The van der Waals surface area contributed by atoms with E-state index in [2.05, 4.69) is 12.1 Å². The van der Waals surface area contributed by atoms with Crippen LogP contribution in [-0.4, -0.2) is 11.7 Å². The third-order valence-corrected chi connectivity index (χ3v) is 6.18. The SMILES string of the molecule is Cc1ccc(N2C(=O)CC(c3ccco3)C3=C2CC(c2ccccc2)CC3=O)cc1. The third kappa shape index (κ3) is 3.18. The van der Waals surface area contributed by atoms with E-state index in [9.17, 15) is 9.59 Å². The molecule has 0 fully saturated rings. The molecule has 2 aromatic carbocycles. The lowest BCUT2D eigenvalue weighted by Crippen LogP contribution is -2.41. The van der Waals surface area contributed by atoms with E-state index in [0.717, 1.165) is 28.1 Å². The maximum absolute atomic E-state index is 13.4. The first-order valence-corrected chi connectivity index (χ1v) is 10.4. The molecule has 150 valence electrons. The fraction of sp³-hybridized carbons (Fsp3) is 0.231. The second-order valence-corrected chi connectivity index (χ2v) is 8.14. The van der Waals surface area contributed by atoms with E-state index in [4.69, 9.17) is 4.42 Å². The summed E-state index contributed by atoms with van der Waals surface area (Å²) < 4.78 is 5.63. The van der Waals surface area contributed by atoms with Crippen LogP contribution in [-0.2, 0) is 9.59 Å². The number of hydrogen-bond acceptors (Lipinski definition) is 3. The van der Waals surface area contributed by atoms with Crippen molar-refractivity contribution in [2.75, 3.05) is 4.90 Å². The first-order valence-electron chi connectivity index (χ1n) is 10.4. The average Bonchev–Trinajstić information content (AvgIpc) is 3.29. The summed E-state index contributed by atoms with van der Waals surface area (Å²) in [6.07, 6.45) is 2.95. The Balaban J connectivity index is 1.64. The van der Waals surface area contributed by atoms with Gasteiger partial charge in [0.05, 0.1) is 12.2 Å². The minimum Gasteiger partial charge on any atom is -0.469 e. The molecule has 4 heteroatoms. The standard InChI is InChI=1S/C26H23NO3/c1-17-9-11-20(12-10-17)27-22-14-19(18-6-3-2-4-7-18)15-23(28)26(22)21(16-25(27)29)24-8-5-13-30-24/h2-13,19,21H,14-16H2,1H3. The van der Waals surface area contributed by atoms with Gasteiger partial charge in [0.15, 0.2) is 5.78 Å². The predicted molar refractivity (Wildman–Crippen MR) is 115 cm³/mol. The van der Waals surface area contributed by atoms with Crippen LogP contribution in [0.15, 0.2) is 88.7 Å². The van der Waals surface area contributed by atoms with Crippen molar-refractivity contribution in [1.29, 1.82) is 0 Å². The quantitative estimate of drug-likeness (QED) is 0.586. The topological polar surface area (TPSA) is 50.5 Å². The Morgan fingerprint density at radius 2 is 1.63 bits per heavy atom. The number of aryl methyl sites for hydroxylation is 1. The number of hydrogen-bond donors (Lipinski definition) is 0. The van der Waals surface area contributed by atoms with Crippen molar-refractivity contribution < 1.29 is 14.0 Å². The number of nitrogens with zero attached hydrogens (tertiary/aromatic N) is 1. The number of Topliss-reactive ketones (excluding diaryl/α,β-unsaturated/α-hetero) is 1. The van der Waals surface area contributed by atoms with Gasteiger partial charge in [-0.1, -0.05) is 48.0 Å². The number of benzene rings is 2. The molecule has 2 unspecified atom stereocenters. The number of ketones is 1. The maximum Gasteiger partial charge on any atom is 0.232 e. The fourth-order valence-electron chi connectivity index (χ4n) is 4.72. The Hall–Kier alpha value is -3.40. The van der Waals surface area contributed by atoms with Crippen LogP contribution in [0.5, 0.6) is 0 Å². The van der Waals surface area contributed by atoms with Crippen LogP contribution in [0.1, 0.15) is 48.0 Å². The number of anilines is 1. The molecule has 0 saturated carbocycles. The van der Waals surface area contributed by atoms with Crippen molar-refractivity contribution in [3.05, 3.63) is 101 Å². The molecular weight excluding hydrogens is 374 g/mol. The molecule has 4 nitrogen and oxygen atoms in total. The summed E-state index contributed by atoms with van der Waals surface area (Å²) in [7, 11) is 0. The first-order chi connectivity index (χ1) is 14.6. The number of carbonyl (C=O) groups is 2. The zero-order valence-electron chi connectivity index (χ0n) is 16.9. The molecule has 30 heavy (non-hydrogen) atoms. The second kappa shape index (κ2) is 7.45. The van der Waals surface area contributed by atoms with Gasteiger partial charge in [0.25, 0.3) is 0 Å². The van der Waals surface area contributed by atoms with Gasteiger partial charge in [-0.25, -0.2) is 0 Å². The summed E-state index contributed by atoms with van der Waals surface area (Å²) in [5.74, 6) is 0.546. The zero-order chi connectivity index (χ0) is 20.7. The fourth-order valence-corrected chi connectivity index (χ4v) is 4.72. The average molecular weight is 397 g/mol. The Morgan fingerprint density at radius 3 is 2.33 bits per heavy atom. The van der Waals surface area contributed by atoms with Crippen molar-refractivity contribution >= 4 is 17.4 Å². The molecule has 2 heterocycles. The summed E-state index contributed by atoms with van der Waals surface area (Å²) in [6.45, 7) is 2.02. The second-order valence-electron chi connectivity index (χ2n) is 8.14. The molecule has 1 aliphatic carbocycles. The van der Waals surface area contributed by atoms with Gasteiger partial charge in [-0.2, -0.15) is 0 Å². The van der Waals surface area contributed by atoms with Crippen LogP contribution < -0.4 is 4.90 Å². The van der Waals surface area contributed by atoms with Crippen LogP contribution in [0.2, 0.25) is 0 Å². The molecule has 0 saturated heterocycles. The van der Waals surface area contributed by atoms with Crippen LogP contribution >= 0.6 is 0 Å². The van der Waals surface area contributed by atoms with E-state index in [1.165, 1.54) is 0 Å². The predicted octanol–water partition coefficient (Wildman–Crippen LogP) is 5.51. The summed E-state index contributed by atoms with van der Waals surface area (Å²) in [6, 6.07) is 21.7. The van der Waals surface area contributed by atoms with E-state index in [1.54, 1.807) is 11.2 Å². The van der Waals surface area contributed by atoms with E-state index in [0.29, 0.717) is 18.6 Å². The number of carbonyl (C=O) groups excluding carboxylic acids is 2. The third-order valence-electron chi connectivity index (χ3n) is 6.18. The number of amides is 1. The largest absolute Gasteiger partial charge is 0.469 e. The van der Waals surface area contributed by atoms with Gasteiger partial charge in [-0.05, 0) is 49.1 Å². The molecule has 1 aromatic heterocycles. The summed E-state index contributed by atoms with van der Waals surface area (Å²) >= 11 is 0. The van der Waals surface area contributed by atoms with Crippen molar-refractivity contribution in [3.8, 4) is 0 Å². The van der Waals surface area contributed by atoms with E-state index in [1.807, 2.05) is 61.5 Å². The van der Waals surface area contributed by atoms with Gasteiger partial charge < -0.3 is 4.42 Å². The van der Waals surface area contributed by atoms with Crippen LogP contribution in [0.25, 0.3) is 0 Å². The molecule has 5 rings (SSSR count). The van der Waals surface area contributed by atoms with E-state index >= 15 is 0 Å². The summed E-state index contributed by atoms with van der Waals surface area (Å²) in [5.41, 5.74) is 4.64. The Bertz CT molecular complexity index is 1110. The molecule has 0 spiro atoms. The lowest BCUT2D eigenvalue weighted by atomic mass is 9.74. The van der Waals surface area contributed by atoms with Gasteiger partial charge in [0.1, 0.15) is 5.76 Å². The minimum absolute atomic E-state index is 0.000477. The van der Waals surface area contributed by atoms with Crippen molar-refractivity contribution in [2.24, 2.45) is 0 Å². The molecule has 1 aliphatic heterocycles. The molecule has 0 N–H and O–H groups in total. The molecule has 2 atom stereocenters. The normalized spacial score (nSPS) is 21.7. The highest BCUT2D eigenvalue weighted by Crippen LogP contribution is 2.46. The lowest BCUT2D eigenvalue weighted by molar-refractivity contribution is -0.120. The zero-order valence-corrected chi connectivity index (χ0v) is 16.9. The highest BCUT2D eigenvalue weighted by Gasteiger charge is 2.43. The number of furan rings is 1. The first kappa shape index (κ1) is 18.6. The molecule has 0 radical (unpaired) electrons. The Kier molecular flexibility index (Phi) is 4.62. The molecule has 3 aromatic rings. The van der Waals surface area contributed by atoms with Gasteiger partial charge in [0, 0.05) is 29.8 Å². The molecular formula is C26H23NO3. The Morgan fingerprint density at radius 1 is 0.867 bits per heavy atom. The van der Waals surface area contributed by atoms with Crippen molar-refractivity contribution in [2.45, 2.75) is 38.0 Å². The van der Waals surface area contributed by atoms with Gasteiger partial charge in [0.2, 0.25) is 5.91 Å². The summed E-state index contributed by atoms with van der Waals surface area (Å²) in [5, 5.41) is 0. The number of allylic oxidation sites excluding steroid dienone is 2. The van der Waals surface area contributed by atoms with Crippen molar-refractivity contribution in [3.63, 3.8) is 0 Å². The smallest absolute Gasteiger partial charge is 0.232 e. The van der Waals surface area contributed by atoms with Gasteiger partial charge >= 0.3 is 0 Å². The highest BCUT2D eigenvalue weighted by molar-refractivity contribution is 6.07. The monoisotopic (exact) mass is 397 g/mol. The van der Waals surface area contributed by atoms with Crippen LogP contribution in [0.4, 0.5) is 5.69 Å². The highest BCUT2D eigenvalue weighted by atomic mass is 16.3. The van der Waals surface area contributed by atoms with E-state index in [-0.39, 0.29) is 29.9 Å². The molecule has 2 aliphatic rings. The number of rotatable bonds is 3. The van der Waals surface area contributed by atoms with Crippen LogP contribution in [0.3, 0.4) is 0 Å². The summed E-state index contributed by atoms with van der Waals surface area (Å²) in [4.78, 5) is 28.5. The molecule has 1 amide bonds. The minimum atomic E-state index is -0.312. The molecule has 0 bridgehead atoms. The van der Waals surface area contributed by atoms with Gasteiger partial charge in [-0.3, -0.25) is 14.5 Å². The maximum atomic E-state index is 13.4. The van der Waals surface area contributed by atoms with E-state index < -0.39 is 0 Å². The van der Waals surface area contributed by atoms with Gasteiger partial charge in [-0.15, -0.1) is 0 Å². The van der Waals surface area contributed by atoms with Crippen molar-refractivity contribution in [1.82, 2.24) is 0 Å². The van der Waals surface area contributed by atoms with Crippen LogP contribution in [0, 0.1) is 6.92 Å².